The van der Waals surface area contributed by atoms with Gasteiger partial charge in [0.2, 0.25) is 5.91 Å². The summed E-state index contributed by atoms with van der Waals surface area (Å²) in [7, 11) is 1.65. The number of carbonyl (C=O) groups is 1. The van der Waals surface area contributed by atoms with Gasteiger partial charge in [-0.2, -0.15) is 0 Å². The summed E-state index contributed by atoms with van der Waals surface area (Å²) in [5.41, 5.74) is 7.43. The lowest BCUT2D eigenvalue weighted by atomic mass is 9.97. The summed E-state index contributed by atoms with van der Waals surface area (Å²) in [5.74, 6) is 0.601. The van der Waals surface area contributed by atoms with Gasteiger partial charge in [-0.1, -0.05) is 0 Å². The highest BCUT2D eigenvalue weighted by molar-refractivity contribution is 7.13. The number of piperidine rings is 1. The van der Waals surface area contributed by atoms with Gasteiger partial charge >= 0.3 is 0 Å². The Labute approximate surface area is 145 Å². The van der Waals surface area contributed by atoms with Crippen molar-refractivity contribution in [3.8, 4) is 5.75 Å². The molecule has 1 saturated heterocycles. The van der Waals surface area contributed by atoms with Crippen LogP contribution in [-0.2, 0) is 11.3 Å². The van der Waals surface area contributed by atoms with E-state index in [0.29, 0.717) is 0 Å². The van der Waals surface area contributed by atoms with Gasteiger partial charge in [-0.15, -0.1) is 11.3 Å². The Morgan fingerprint density at radius 2 is 2.25 bits per heavy atom. The van der Waals surface area contributed by atoms with Crippen LogP contribution in [0.1, 0.15) is 18.5 Å². The third-order valence-corrected chi connectivity index (χ3v) is 4.99. The van der Waals surface area contributed by atoms with Crippen LogP contribution in [0.2, 0.25) is 0 Å². The topological polar surface area (TPSA) is 80.5 Å². The fourth-order valence-corrected chi connectivity index (χ4v) is 3.62. The van der Waals surface area contributed by atoms with Gasteiger partial charge in [0.25, 0.3) is 0 Å². The molecule has 2 heterocycles. The molecule has 0 bridgehead atoms. The number of primary amides is 1. The molecule has 0 aliphatic carbocycles. The van der Waals surface area contributed by atoms with E-state index >= 15 is 0 Å². The molecule has 0 radical (unpaired) electrons. The summed E-state index contributed by atoms with van der Waals surface area (Å²) in [6.45, 7) is 2.47. The van der Waals surface area contributed by atoms with Crippen molar-refractivity contribution in [1.29, 1.82) is 0 Å². The first-order chi connectivity index (χ1) is 11.6. The van der Waals surface area contributed by atoms with Gasteiger partial charge in [0, 0.05) is 24.2 Å². The molecular weight excluding hydrogens is 324 g/mol. The van der Waals surface area contributed by atoms with Crippen LogP contribution in [-0.4, -0.2) is 36.0 Å². The van der Waals surface area contributed by atoms with Crippen molar-refractivity contribution in [2.24, 2.45) is 11.7 Å². The van der Waals surface area contributed by atoms with Gasteiger partial charge < -0.3 is 15.8 Å². The molecule has 3 N–H and O–H groups in total. The number of likely N-dealkylation sites (tertiary alicyclic amines) is 1. The van der Waals surface area contributed by atoms with Crippen LogP contribution < -0.4 is 15.8 Å². The predicted octanol–water partition coefficient (Wildman–Crippen LogP) is 2.59. The van der Waals surface area contributed by atoms with Crippen molar-refractivity contribution in [3.63, 3.8) is 0 Å². The van der Waals surface area contributed by atoms with E-state index in [1.54, 1.807) is 18.4 Å². The summed E-state index contributed by atoms with van der Waals surface area (Å²) in [5, 5.41) is 6.21. The minimum atomic E-state index is -0.195. The predicted molar refractivity (Wildman–Crippen MR) is 95.6 cm³/mol. The molecule has 1 aliphatic heterocycles. The van der Waals surface area contributed by atoms with E-state index < -0.39 is 0 Å². The molecule has 1 aliphatic rings. The van der Waals surface area contributed by atoms with E-state index in [-0.39, 0.29) is 11.8 Å². The molecule has 0 unspecified atom stereocenters. The monoisotopic (exact) mass is 346 g/mol. The highest BCUT2D eigenvalue weighted by Gasteiger charge is 2.24. The second kappa shape index (κ2) is 7.63. The zero-order valence-electron chi connectivity index (χ0n) is 13.7. The van der Waals surface area contributed by atoms with Gasteiger partial charge in [-0.25, -0.2) is 4.98 Å². The molecule has 1 aromatic carbocycles. The number of nitrogens with two attached hydrogens (primary N) is 1. The van der Waals surface area contributed by atoms with Crippen LogP contribution in [0.15, 0.2) is 29.6 Å². The second-order valence-electron chi connectivity index (χ2n) is 5.97. The number of amides is 1. The lowest BCUT2D eigenvalue weighted by Gasteiger charge is -2.30. The average Bonchev–Trinajstić information content (AvgIpc) is 3.02. The summed E-state index contributed by atoms with van der Waals surface area (Å²) >= 11 is 1.58. The molecule has 0 spiro atoms. The lowest BCUT2D eigenvalue weighted by Crippen LogP contribution is -2.40. The second-order valence-corrected chi connectivity index (χ2v) is 6.83. The maximum Gasteiger partial charge on any atom is 0.221 e. The molecular formula is C17H22N4O2S. The number of hydrogen-bond donors (Lipinski definition) is 2. The Kier molecular flexibility index (Phi) is 5.32. The number of ether oxygens (including phenoxy) is 1. The van der Waals surface area contributed by atoms with E-state index in [1.165, 1.54) is 0 Å². The van der Waals surface area contributed by atoms with Crippen molar-refractivity contribution in [3.05, 3.63) is 35.3 Å². The zero-order chi connectivity index (χ0) is 16.9. The van der Waals surface area contributed by atoms with Crippen LogP contribution >= 0.6 is 11.3 Å². The number of anilines is 2. The summed E-state index contributed by atoms with van der Waals surface area (Å²) < 4.78 is 5.15. The Morgan fingerprint density at radius 1 is 1.46 bits per heavy atom. The number of benzene rings is 1. The maximum atomic E-state index is 11.4. The Hall–Kier alpha value is -2.12. The third-order valence-electron chi connectivity index (χ3n) is 4.19. The smallest absolute Gasteiger partial charge is 0.221 e. The van der Waals surface area contributed by atoms with Crippen molar-refractivity contribution in [2.45, 2.75) is 19.4 Å². The normalized spacial score (nSPS) is 18.3. The van der Waals surface area contributed by atoms with E-state index in [4.69, 9.17) is 10.5 Å². The maximum absolute atomic E-state index is 11.4. The highest BCUT2D eigenvalue weighted by atomic mass is 32.1. The molecule has 2 aromatic rings. The van der Waals surface area contributed by atoms with Gasteiger partial charge in [0.05, 0.1) is 18.7 Å². The lowest BCUT2D eigenvalue weighted by molar-refractivity contribution is -0.123. The Balaban J connectivity index is 1.57. The SMILES string of the molecule is COc1ccc(Nc2nc(CN3CCC[C@H](C(N)=O)C3)cs2)cc1. The fraction of sp³-hybridized carbons (Fsp3) is 0.412. The quantitative estimate of drug-likeness (QED) is 0.840. The van der Waals surface area contributed by atoms with Gasteiger partial charge in [0.15, 0.2) is 5.13 Å². The molecule has 1 aromatic heterocycles. The number of nitrogens with one attached hydrogen (secondary N) is 1. The number of methoxy groups -OCH3 is 1. The van der Waals surface area contributed by atoms with Crippen molar-refractivity contribution in [1.82, 2.24) is 9.88 Å². The molecule has 0 saturated carbocycles. The van der Waals surface area contributed by atoms with Gasteiger partial charge in [0.1, 0.15) is 5.75 Å². The number of rotatable bonds is 6. The average molecular weight is 346 g/mol. The number of nitrogens with zero attached hydrogens (tertiary/aromatic N) is 2. The number of hydrogen-bond acceptors (Lipinski definition) is 6. The van der Waals surface area contributed by atoms with Crippen molar-refractivity contribution >= 4 is 28.1 Å². The highest BCUT2D eigenvalue weighted by Crippen LogP contribution is 2.24. The molecule has 1 atom stereocenters. The summed E-state index contributed by atoms with van der Waals surface area (Å²) in [6, 6.07) is 7.74. The number of aromatic nitrogens is 1. The third kappa shape index (κ3) is 4.24. The summed E-state index contributed by atoms with van der Waals surface area (Å²) in [4.78, 5) is 18.3. The van der Waals surface area contributed by atoms with Gasteiger partial charge in [-0.3, -0.25) is 9.69 Å². The first-order valence-electron chi connectivity index (χ1n) is 8.01. The van der Waals surface area contributed by atoms with Crippen LogP contribution in [0, 0.1) is 5.92 Å². The molecule has 1 amide bonds. The zero-order valence-corrected chi connectivity index (χ0v) is 14.5. The minimum absolute atomic E-state index is 0.0331. The molecule has 3 rings (SSSR count). The molecule has 7 heteroatoms. The van der Waals surface area contributed by atoms with E-state index in [2.05, 4.69) is 20.6 Å². The molecule has 24 heavy (non-hydrogen) atoms. The molecule has 6 nitrogen and oxygen atoms in total. The van der Waals surface area contributed by atoms with Crippen LogP contribution in [0.3, 0.4) is 0 Å². The first-order valence-corrected chi connectivity index (χ1v) is 8.89. The van der Waals surface area contributed by atoms with E-state index in [9.17, 15) is 4.79 Å². The van der Waals surface area contributed by atoms with Crippen LogP contribution in [0.4, 0.5) is 10.8 Å². The van der Waals surface area contributed by atoms with Crippen molar-refractivity contribution in [2.75, 3.05) is 25.5 Å². The number of carbonyl (C=O) groups excluding carboxylic acids is 1. The van der Waals surface area contributed by atoms with Crippen LogP contribution in [0.5, 0.6) is 5.75 Å². The minimum Gasteiger partial charge on any atom is -0.497 e. The Morgan fingerprint density at radius 3 is 2.96 bits per heavy atom. The van der Waals surface area contributed by atoms with Crippen molar-refractivity contribution < 1.29 is 9.53 Å². The largest absolute Gasteiger partial charge is 0.497 e. The first kappa shape index (κ1) is 16.7. The summed E-state index contributed by atoms with van der Waals surface area (Å²) in [6.07, 6.45) is 1.90. The fourth-order valence-electron chi connectivity index (χ4n) is 2.90. The molecule has 128 valence electrons. The standard InChI is InChI=1S/C17H22N4O2S/c1-23-15-6-4-13(5-7-15)19-17-20-14(11-24-17)10-21-8-2-3-12(9-21)16(18)22/h4-7,11-12H,2-3,8-10H2,1H3,(H2,18,22)(H,19,20)/t12-/m0/s1. The van der Waals surface area contributed by atoms with Gasteiger partial charge in [-0.05, 0) is 43.7 Å². The Bertz CT molecular complexity index is 686. The van der Waals surface area contributed by atoms with E-state index in [0.717, 1.165) is 54.7 Å². The van der Waals surface area contributed by atoms with E-state index in [1.807, 2.05) is 24.3 Å². The molecule has 1 fully saturated rings. The number of thiazole rings is 1. The van der Waals surface area contributed by atoms with Crippen LogP contribution in [0.25, 0.3) is 0 Å².